The molecule has 5 nitrogen and oxygen atoms in total. The molecule has 0 saturated carbocycles. The van der Waals surface area contributed by atoms with Crippen LogP contribution in [-0.4, -0.2) is 32.9 Å². The first-order valence-corrected chi connectivity index (χ1v) is 9.24. The number of nitrogens with one attached hydrogen (secondary N) is 1. The molecule has 1 aliphatic rings. The zero-order chi connectivity index (χ0) is 18.1. The van der Waals surface area contributed by atoms with Crippen molar-refractivity contribution in [3.05, 3.63) is 59.9 Å². The molecule has 0 saturated heterocycles. The van der Waals surface area contributed by atoms with Gasteiger partial charge in [-0.2, -0.15) is 0 Å². The van der Waals surface area contributed by atoms with Crippen molar-refractivity contribution in [1.82, 2.24) is 15.2 Å². The van der Waals surface area contributed by atoms with Crippen molar-refractivity contribution in [1.29, 1.82) is 0 Å². The van der Waals surface area contributed by atoms with Gasteiger partial charge in [-0.05, 0) is 37.1 Å². The smallest absolute Gasteiger partial charge is 0.240 e. The van der Waals surface area contributed by atoms with Gasteiger partial charge in [-0.3, -0.25) is 9.89 Å². The molecule has 0 bridgehead atoms. The number of anilines is 1. The normalized spacial score (nSPS) is 14.3. The number of aromatic amines is 1. The molecule has 0 fully saturated rings. The second-order valence-corrected chi connectivity index (χ2v) is 7.38. The van der Waals surface area contributed by atoms with Crippen molar-refractivity contribution in [2.75, 3.05) is 11.4 Å². The van der Waals surface area contributed by atoms with Crippen LogP contribution in [0.1, 0.15) is 12.5 Å². The largest absolute Gasteiger partial charge is 0.311 e. The third-order valence-corrected chi connectivity index (χ3v) is 5.33. The predicted octanol–water partition coefficient (Wildman–Crippen LogP) is 3.68. The van der Waals surface area contributed by atoms with E-state index in [4.69, 9.17) is 0 Å². The van der Waals surface area contributed by atoms with Crippen LogP contribution in [0.4, 0.5) is 10.1 Å². The number of amides is 1. The highest BCUT2D eigenvalue weighted by Crippen LogP contribution is 2.31. The van der Waals surface area contributed by atoms with E-state index >= 15 is 0 Å². The van der Waals surface area contributed by atoms with Crippen molar-refractivity contribution in [3.63, 3.8) is 0 Å². The molecule has 0 unspecified atom stereocenters. The molecule has 1 N–H and O–H groups in total. The summed E-state index contributed by atoms with van der Waals surface area (Å²) in [5, 5.41) is 6.95. The van der Waals surface area contributed by atoms with Gasteiger partial charge in [0, 0.05) is 12.2 Å². The minimum absolute atomic E-state index is 0.0252. The molecule has 132 valence electrons. The number of fused-ring (bicyclic) bond motifs is 1. The number of rotatable bonds is 4. The van der Waals surface area contributed by atoms with Crippen molar-refractivity contribution in [2.24, 2.45) is 0 Å². The van der Waals surface area contributed by atoms with Gasteiger partial charge in [-0.25, -0.2) is 9.37 Å². The topological polar surface area (TPSA) is 61.9 Å². The van der Waals surface area contributed by atoms with Gasteiger partial charge >= 0.3 is 0 Å². The maximum absolute atomic E-state index is 13.9. The van der Waals surface area contributed by atoms with Crippen molar-refractivity contribution < 1.29 is 9.18 Å². The van der Waals surface area contributed by atoms with E-state index in [0.29, 0.717) is 23.1 Å². The number of hydrogen-bond donors (Lipinski definition) is 1. The molecule has 0 radical (unpaired) electrons. The Morgan fingerprint density at radius 1 is 1.23 bits per heavy atom. The molecule has 3 aromatic rings. The number of carbonyl (C=O) groups is 1. The number of halogens is 1. The first-order chi connectivity index (χ1) is 12.6. The quantitative estimate of drug-likeness (QED) is 0.714. The van der Waals surface area contributed by atoms with Crippen LogP contribution in [0.2, 0.25) is 0 Å². The fourth-order valence-electron chi connectivity index (χ4n) is 3.07. The standard InChI is InChI=1S/C19H17FN4OS/c1-12(18(25)24-11-10-13-6-2-5-9-16(13)24)26-19-21-17(22-23-19)14-7-3-4-8-15(14)20/h2-9,12H,10-11H2,1H3,(H,21,22,23)/t12-/m1/s1. The highest BCUT2D eigenvalue weighted by molar-refractivity contribution is 8.00. The Morgan fingerprint density at radius 3 is 2.85 bits per heavy atom. The summed E-state index contributed by atoms with van der Waals surface area (Å²) in [6.45, 7) is 2.53. The number of benzene rings is 2. The summed E-state index contributed by atoms with van der Waals surface area (Å²) in [5.74, 6) is 0.0203. The molecule has 1 aliphatic heterocycles. The summed E-state index contributed by atoms with van der Waals surface area (Å²) in [6.07, 6.45) is 0.872. The summed E-state index contributed by atoms with van der Waals surface area (Å²) >= 11 is 1.27. The van der Waals surface area contributed by atoms with Crippen LogP contribution in [0.3, 0.4) is 0 Å². The van der Waals surface area contributed by atoms with Gasteiger partial charge in [0.1, 0.15) is 5.82 Å². The molecule has 1 aromatic heterocycles. The molecule has 0 spiro atoms. The van der Waals surface area contributed by atoms with E-state index in [2.05, 4.69) is 21.2 Å². The summed E-state index contributed by atoms with van der Waals surface area (Å²) in [7, 11) is 0. The fraction of sp³-hybridized carbons (Fsp3) is 0.211. The number of H-pyrrole nitrogens is 1. The Morgan fingerprint density at radius 2 is 2.00 bits per heavy atom. The first-order valence-electron chi connectivity index (χ1n) is 8.37. The van der Waals surface area contributed by atoms with E-state index < -0.39 is 0 Å². The molecule has 1 atom stereocenters. The SMILES string of the molecule is C[C@@H](Sc1n[nH]c(-c2ccccc2F)n1)C(=O)N1CCc2ccccc21. The van der Waals surface area contributed by atoms with E-state index in [9.17, 15) is 9.18 Å². The highest BCUT2D eigenvalue weighted by atomic mass is 32.2. The third kappa shape index (κ3) is 3.10. The first kappa shape index (κ1) is 16.8. The van der Waals surface area contributed by atoms with Crippen molar-refractivity contribution in [3.8, 4) is 11.4 Å². The average molecular weight is 368 g/mol. The lowest BCUT2D eigenvalue weighted by Crippen LogP contribution is -2.35. The van der Waals surface area contributed by atoms with Crippen LogP contribution in [0.5, 0.6) is 0 Å². The lowest BCUT2D eigenvalue weighted by Gasteiger charge is -2.20. The van der Waals surface area contributed by atoms with Crippen LogP contribution in [-0.2, 0) is 11.2 Å². The van der Waals surface area contributed by atoms with Crippen LogP contribution < -0.4 is 4.90 Å². The Hall–Kier alpha value is -2.67. The monoisotopic (exact) mass is 368 g/mol. The Labute approximate surface area is 154 Å². The Kier molecular flexibility index (Phi) is 4.46. The van der Waals surface area contributed by atoms with Crippen molar-refractivity contribution >= 4 is 23.4 Å². The fourth-order valence-corrected chi connectivity index (χ4v) is 3.85. The zero-order valence-corrected chi connectivity index (χ0v) is 15.0. The van der Waals surface area contributed by atoms with Gasteiger partial charge in [0.05, 0.1) is 10.8 Å². The molecule has 4 rings (SSSR count). The van der Waals surface area contributed by atoms with Gasteiger partial charge in [-0.15, -0.1) is 5.10 Å². The molecule has 1 amide bonds. The predicted molar refractivity (Wildman–Crippen MR) is 99.6 cm³/mol. The highest BCUT2D eigenvalue weighted by Gasteiger charge is 2.29. The van der Waals surface area contributed by atoms with Gasteiger partial charge in [0.25, 0.3) is 0 Å². The van der Waals surface area contributed by atoms with E-state index in [1.54, 1.807) is 18.2 Å². The lowest BCUT2D eigenvalue weighted by atomic mass is 10.2. The van der Waals surface area contributed by atoms with Gasteiger partial charge in [-0.1, -0.05) is 42.1 Å². The summed E-state index contributed by atoms with van der Waals surface area (Å²) in [4.78, 5) is 19.0. The summed E-state index contributed by atoms with van der Waals surface area (Å²) in [6, 6.07) is 14.3. The number of hydrogen-bond acceptors (Lipinski definition) is 4. The molecular weight excluding hydrogens is 351 g/mol. The van der Waals surface area contributed by atoms with Gasteiger partial charge in [0.15, 0.2) is 5.82 Å². The van der Waals surface area contributed by atoms with Gasteiger partial charge in [0.2, 0.25) is 11.1 Å². The molecule has 7 heteroatoms. The van der Waals surface area contributed by atoms with E-state index in [-0.39, 0.29) is 17.0 Å². The Bertz CT molecular complexity index is 958. The minimum atomic E-state index is -0.363. The minimum Gasteiger partial charge on any atom is -0.311 e. The van der Waals surface area contributed by atoms with E-state index in [1.807, 2.05) is 30.0 Å². The van der Waals surface area contributed by atoms with E-state index in [1.165, 1.54) is 23.4 Å². The third-order valence-electron chi connectivity index (χ3n) is 4.38. The zero-order valence-electron chi connectivity index (χ0n) is 14.1. The molecule has 2 heterocycles. The maximum atomic E-state index is 13.9. The average Bonchev–Trinajstić information content (AvgIpc) is 3.28. The van der Waals surface area contributed by atoms with Crippen LogP contribution in [0.15, 0.2) is 53.7 Å². The Balaban J connectivity index is 1.48. The number of nitrogens with zero attached hydrogens (tertiary/aromatic N) is 3. The molecule has 0 aliphatic carbocycles. The van der Waals surface area contributed by atoms with Gasteiger partial charge < -0.3 is 4.90 Å². The second kappa shape index (κ2) is 6.92. The number of aromatic nitrogens is 3. The number of thioether (sulfide) groups is 1. The van der Waals surface area contributed by atoms with Crippen LogP contribution in [0.25, 0.3) is 11.4 Å². The van der Waals surface area contributed by atoms with E-state index in [0.717, 1.165) is 12.1 Å². The van der Waals surface area contributed by atoms with Crippen LogP contribution in [0, 0.1) is 5.82 Å². The molecule has 2 aromatic carbocycles. The van der Waals surface area contributed by atoms with Crippen molar-refractivity contribution in [2.45, 2.75) is 23.8 Å². The molecule has 26 heavy (non-hydrogen) atoms. The number of para-hydroxylation sites is 1. The maximum Gasteiger partial charge on any atom is 0.240 e. The number of carbonyl (C=O) groups excluding carboxylic acids is 1. The van der Waals surface area contributed by atoms with Crippen LogP contribution >= 0.6 is 11.8 Å². The summed E-state index contributed by atoms with van der Waals surface area (Å²) < 4.78 is 13.9. The molecular formula is C19H17FN4OS. The second-order valence-electron chi connectivity index (χ2n) is 6.08. The summed E-state index contributed by atoms with van der Waals surface area (Å²) in [5.41, 5.74) is 2.53. The lowest BCUT2D eigenvalue weighted by molar-refractivity contribution is -0.117.